The Morgan fingerprint density at radius 3 is 2.57 bits per heavy atom. The van der Waals surface area contributed by atoms with Gasteiger partial charge in [0, 0.05) is 5.54 Å². The van der Waals surface area contributed by atoms with Crippen molar-refractivity contribution in [3.8, 4) is 0 Å². The van der Waals surface area contributed by atoms with Gasteiger partial charge in [0.05, 0.1) is 0 Å². The Balaban J connectivity index is 2.35. The van der Waals surface area contributed by atoms with Crippen LogP contribution >= 0.6 is 0 Å². The Morgan fingerprint density at radius 2 is 2.00 bits per heavy atom. The molecular formula is C12H16FN. The lowest BCUT2D eigenvalue weighted by Gasteiger charge is -2.29. The van der Waals surface area contributed by atoms with Crippen LogP contribution in [0, 0.1) is 5.82 Å². The van der Waals surface area contributed by atoms with E-state index < -0.39 is 0 Å². The van der Waals surface area contributed by atoms with Gasteiger partial charge in [0.2, 0.25) is 0 Å². The van der Waals surface area contributed by atoms with Crippen LogP contribution in [0.25, 0.3) is 0 Å². The van der Waals surface area contributed by atoms with E-state index in [4.69, 9.17) is 0 Å². The van der Waals surface area contributed by atoms with E-state index in [1.165, 1.54) is 18.9 Å². The predicted molar refractivity (Wildman–Crippen MR) is 55.6 cm³/mol. The molecule has 0 saturated heterocycles. The molecule has 1 nitrogen and oxygen atoms in total. The van der Waals surface area contributed by atoms with Crippen molar-refractivity contribution in [2.24, 2.45) is 0 Å². The molecule has 0 aromatic heterocycles. The van der Waals surface area contributed by atoms with Gasteiger partial charge in [0.25, 0.3) is 0 Å². The first-order valence-corrected chi connectivity index (χ1v) is 5.22. The van der Waals surface area contributed by atoms with Crippen LogP contribution in [-0.2, 0) is 5.54 Å². The Hall–Kier alpha value is -0.890. The molecule has 0 bridgehead atoms. The molecule has 0 aliphatic heterocycles. The number of rotatable bonds is 2. The van der Waals surface area contributed by atoms with Gasteiger partial charge in [-0.25, -0.2) is 4.39 Å². The molecule has 1 aliphatic rings. The minimum absolute atomic E-state index is 0.0299. The fourth-order valence-electron chi connectivity index (χ4n) is 2.45. The molecule has 0 heterocycles. The van der Waals surface area contributed by atoms with Crippen LogP contribution in [0.3, 0.4) is 0 Å². The van der Waals surface area contributed by atoms with Crippen LogP contribution in [0.5, 0.6) is 0 Å². The maximum absolute atomic E-state index is 13.1. The van der Waals surface area contributed by atoms with Crippen LogP contribution in [0.4, 0.5) is 4.39 Å². The fourth-order valence-corrected chi connectivity index (χ4v) is 2.45. The van der Waals surface area contributed by atoms with Gasteiger partial charge in [-0.2, -0.15) is 0 Å². The van der Waals surface area contributed by atoms with Gasteiger partial charge in [-0.1, -0.05) is 25.0 Å². The number of benzene rings is 1. The summed E-state index contributed by atoms with van der Waals surface area (Å²) in [6, 6.07) is 6.97. The van der Waals surface area contributed by atoms with Crippen LogP contribution in [0.15, 0.2) is 24.3 Å². The van der Waals surface area contributed by atoms with Crippen molar-refractivity contribution in [2.45, 2.75) is 31.2 Å². The van der Waals surface area contributed by atoms with Crippen LogP contribution in [0.1, 0.15) is 31.2 Å². The summed E-state index contributed by atoms with van der Waals surface area (Å²) >= 11 is 0. The SMILES string of the molecule is CNC1(c2cccc(F)c2)CCCC1. The van der Waals surface area contributed by atoms with Crippen LogP contribution in [0.2, 0.25) is 0 Å². The summed E-state index contributed by atoms with van der Waals surface area (Å²) in [6.07, 6.45) is 4.70. The molecule has 1 saturated carbocycles. The number of halogens is 1. The van der Waals surface area contributed by atoms with Gasteiger partial charge < -0.3 is 5.32 Å². The molecule has 14 heavy (non-hydrogen) atoms. The summed E-state index contributed by atoms with van der Waals surface area (Å²) < 4.78 is 13.1. The Labute approximate surface area is 84.3 Å². The molecule has 1 aromatic carbocycles. The predicted octanol–water partition coefficient (Wildman–Crippen LogP) is 2.81. The van der Waals surface area contributed by atoms with Crippen molar-refractivity contribution in [1.82, 2.24) is 5.32 Å². The first-order valence-electron chi connectivity index (χ1n) is 5.22. The quantitative estimate of drug-likeness (QED) is 0.761. The van der Waals surface area contributed by atoms with Gasteiger partial charge >= 0.3 is 0 Å². The van der Waals surface area contributed by atoms with E-state index >= 15 is 0 Å². The first-order chi connectivity index (χ1) is 6.77. The number of nitrogens with one attached hydrogen (secondary N) is 1. The summed E-state index contributed by atoms with van der Waals surface area (Å²) in [6.45, 7) is 0. The van der Waals surface area contributed by atoms with E-state index in [1.54, 1.807) is 12.1 Å². The lowest BCUT2D eigenvalue weighted by molar-refractivity contribution is 0.371. The molecule has 76 valence electrons. The summed E-state index contributed by atoms with van der Waals surface area (Å²) in [4.78, 5) is 0. The van der Waals surface area contributed by atoms with Gasteiger partial charge in [-0.3, -0.25) is 0 Å². The molecule has 0 unspecified atom stereocenters. The molecule has 0 atom stereocenters. The molecule has 1 aliphatic carbocycles. The van der Waals surface area contributed by atoms with E-state index in [-0.39, 0.29) is 11.4 Å². The second-order valence-electron chi connectivity index (χ2n) is 4.05. The summed E-state index contributed by atoms with van der Waals surface area (Å²) in [5.41, 5.74) is 1.12. The Morgan fingerprint density at radius 1 is 1.29 bits per heavy atom. The van der Waals surface area contributed by atoms with E-state index in [2.05, 4.69) is 5.32 Å². The highest BCUT2D eigenvalue weighted by atomic mass is 19.1. The third-order valence-corrected chi connectivity index (χ3v) is 3.31. The highest BCUT2D eigenvalue weighted by Gasteiger charge is 2.33. The average molecular weight is 193 g/mol. The molecule has 1 N–H and O–H groups in total. The lowest BCUT2D eigenvalue weighted by Crippen LogP contribution is -2.36. The third-order valence-electron chi connectivity index (χ3n) is 3.31. The minimum atomic E-state index is -0.135. The zero-order chi connectivity index (χ0) is 10.0. The van der Waals surface area contributed by atoms with E-state index in [9.17, 15) is 4.39 Å². The highest BCUT2D eigenvalue weighted by molar-refractivity contribution is 5.26. The molecule has 0 radical (unpaired) electrons. The lowest BCUT2D eigenvalue weighted by atomic mass is 9.88. The first kappa shape index (κ1) is 9.66. The average Bonchev–Trinajstić information content (AvgIpc) is 2.67. The standard InChI is InChI=1S/C12H16FN/c1-14-12(7-2-3-8-12)10-5-4-6-11(13)9-10/h4-6,9,14H,2-3,7-8H2,1H3. The fraction of sp³-hybridized carbons (Fsp3) is 0.500. The zero-order valence-electron chi connectivity index (χ0n) is 8.52. The van der Waals surface area contributed by atoms with Crippen molar-refractivity contribution < 1.29 is 4.39 Å². The molecule has 1 fully saturated rings. The van der Waals surface area contributed by atoms with Gasteiger partial charge in [-0.05, 0) is 37.6 Å². The topological polar surface area (TPSA) is 12.0 Å². The van der Waals surface area contributed by atoms with Crippen molar-refractivity contribution in [1.29, 1.82) is 0 Å². The maximum atomic E-state index is 13.1. The monoisotopic (exact) mass is 193 g/mol. The Kier molecular flexibility index (Phi) is 2.55. The number of hydrogen-bond donors (Lipinski definition) is 1. The van der Waals surface area contributed by atoms with Crippen molar-refractivity contribution >= 4 is 0 Å². The van der Waals surface area contributed by atoms with Gasteiger partial charge in [0.15, 0.2) is 0 Å². The molecule has 2 rings (SSSR count). The van der Waals surface area contributed by atoms with Gasteiger partial charge in [0.1, 0.15) is 5.82 Å². The second kappa shape index (κ2) is 3.70. The van der Waals surface area contributed by atoms with E-state index in [1.807, 2.05) is 13.1 Å². The number of hydrogen-bond acceptors (Lipinski definition) is 1. The smallest absolute Gasteiger partial charge is 0.123 e. The van der Waals surface area contributed by atoms with Crippen LogP contribution in [-0.4, -0.2) is 7.05 Å². The van der Waals surface area contributed by atoms with Crippen molar-refractivity contribution in [2.75, 3.05) is 7.05 Å². The summed E-state index contributed by atoms with van der Waals surface area (Å²) in [7, 11) is 1.97. The maximum Gasteiger partial charge on any atom is 0.123 e. The summed E-state index contributed by atoms with van der Waals surface area (Å²) in [5.74, 6) is -0.135. The molecule has 2 heteroatoms. The Bertz CT molecular complexity index is 316. The van der Waals surface area contributed by atoms with Gasteiger partial charge in [-0.15, -0.1) is 0 Å². The second-order valence-corrected chi connectivity index (χ2v) is 4.05. The molecule has 1 aromatic rings. The molecular weight excluding hydrogens is 177 g/mol. The zero-order valence-corrected chi connectivity index (χ0v) is 8.52. The normalized spacial score (nSPS) is 19.9. The summed E-state index contributed by atoms with van der Waals surface area (Å²) in [5, 5.41) is 3.35. The van der Waals surface area contributed by atoms with Crippen molar-refractivity contribution in [3.63, 3.8) is 0 Å². The van der Waals surface area contributed by atoms with Crippen LogP contribution < -0.4 is 5.32 Å². The third kappa shape index (κ3) is 1.55. The highest BCUT2D eigenvalue weighted by Crippen LogP contribution is 2.38. The van der Waals surface area contributed by atoms with Crippen molar-refractivity contribution in [3.05, 3.63) is 35.6 Å². The minimum Gasteiger partial charge on any atom is -0.310 e. The van der Waals surface area contributed by atoms with E-state index in [0.717, 1.165) is 18.4 Å². The molecule has 0 amide bonds. The largest absolute Gasteiger partial charge is 0.310 e. The van der Waals surface area contributed by atoms with E-state index in [0.29, 0.717) is 0 Å². The molecule has 0 spiro atoms.